The van der Waals surface area contributed by atoms with Crippen LogP contribution in [0.2, 0.25) is 0 Å². The molecule has 15 heavy (non-hydrogen) atoms. The van der Waals surface area contributed by atoms with Gasteiger partial charge in [0, 0.05) is 6.07 Å². The molecule has 0 unspecified atom stereocenters. The van der Waals surface area contributed by atoms with Crippen LogP contribution in [0.4, 0.5) is 0 Å². The maximum atomic E-state index is 11.8. The van der Waals surface area contributed by atoms with Gasteiger partial charge in [-0.3, -0.25) is 0 Å². The van der Waals surface area contributed by atoms with Crippen LogP contribution in [0.15, 0.2) is 23.3 Å². The quantitative estimate of drug-likeness (QED) is 0.442. The number of hydrogen-bond acceptors (Lipinski definition) is 1. The van der Waals surface area contributed by atoms with Crippen LogP contribution in [0.3, 0.4) is 0 Å². The van der Waals surface area contributed by atoms with Gasteiger partial charge in [-0.1, -0.05) is 6.42 Å². The molecule has 1 saturated carbocycles. The van der Waals surface area contributed by atoms with Gasteiger partial charge in [0.25, 0.3) is 0 Å². The van der Waals surface area contributed by atoms with Crippen molar-refractivity contribution in [2.75, 3.05) is 0 Å². The summed E-state index contributed by atoms with van der Waals surface area (Å²) >= 11 is 0. The summed E-state index contributed by atoms with van der Waals surface area (Å²) in [6.45, 7) is 0. The second-order valence-electron chi connectivity index (χ2n) is 4.08. The van der Waals surface area contributed by atoms with Crippen LogP contribution in [0, 0.1) is 0 Å². The van der Waals surface area contributed by atoms with Crippen LogP contribution in [0.25, 0.3) is 0 Å². The van der Waals surface area contributed by atoms with Crippen LogP contribution in [-0.4, -0.2) is 4.57 Å². The molecule has 4 heteroatoms. The summed E-state index contributed by atoms with van der Waals surface area (Å²) < 4.78 is 3.54. The minimum absolute atomic E-state index is 0. The molecule has 1 aromatic rings. The lowest BCUT2D eigenvalue weighted by Crippen LogP contribution is -3.00. The van der Waals surface area contributed by atoms with E-state index in [0.717, 1.165) is 12.8 Å². The van der Waals surface area contributed by atoms with E-state index in [1.54, 1.807) is 4.57 Å². The predicted octanol–water partition coefficient (Wildman–Crippen LogP) is -1.82. The van der Waals surface area contributed by atoms with Crippen LogP contribution in [0.5, 0.6) is 0 Å². The van der Waals surface area contributed by atoms with E-state index in [4.69, 9.17) is 0 Å². The van der Waals surface area contributed by atoms with Crippen molar-refractivity contribution in [2.45, 2.75) is 38.1 Å². The van der Waals surface area contributed by atoms with Gasteiger partial charge in [0.05, 0.1) is 19.4 Å². The van der Waals surface area contributed by atoms with Crippen molar-refractivity contribution in [2.24, 2.45) is 7.05 Å². The summed E-state index contributed by atoms with van der Waals surface area (Å²) in [4.78, 5) is 11.8. The molecule has 1 aromatic heterocycles. The molecule has 0 atom stereocenters. The molecule has 2 rings (SSSR count). The summed E-state index contributed by atoms with van der Waals surface area (Å²) in [7, 11) is 1.81. The summed E-state index contributed by atoms with van der Waals surface area (Å²) in [5, 5.41) is 0. The summed E-state index contributed by atoms with van der Waals surface area (Å²) in [5.74, 6) is 0. The SMILES string of the molecule is C[n+]1cccn(C2CCCCC2)c1=O.[I-]. The molecule has 0 bridgehead atoms. The number of rotatable bonds is 1. The third-order valence-electron chi connectivity index (χ3n) is 3.05. The largest absolute Gasteiger partial charge is 1.00 e. The molecule has 0 amide bonds. The lowest BCUT2D eigenvalue weighted by atomic mass is 9.95. The number of aromatic nitrogens is 2. The Kier molecular flexibility index (Phi) is 4.76. The van der Waals surface area contributed by atoms with E-state index in [-0.39, 0.29) is 29.7 Å². The second-order valence-corrected chi connectivity index (χ2v) is 4.08. The van der Waals surface area contributed by atoms with Gasteiger partial charge in [0.2, 0.25) is 0 Å². The zero-order chi connectivity index (χ0) is 9.97. The van der Waals surface area contributed by atoms with Gasteiger partial charge in [-0.25, -0.2) is 4.57 Å². The Balaban J connectivity index is 0.00000112. The zero-order valence-corrected chi connectivity index (χ0v) is 11.2. The highest BCUT2D eigenvalue weighted by Crippen LogP contribution is 2.26. The first-order valence-corrected chi connectivity index (χ1v) is 5.36. The van der Waals surface area contributed by atoms with Crippen molar-refractivity contribution in [1.82, 2.24) is 4.57 Å². The van der Waals surface area contributed by atoms with E-state index < -0.39 is 0 Å². The van der Waals surface area contributed by atoms with E-state index in [1.165, 1.54) is 19.3 Å². The Bertz CT molecular complexity index is 369. The van der Waals surface area contributed by atoms with E-state index in [0.29, 0.717) is 6.04 Å². The Labute approximate surface area is 107 Å². The minimum Gasteiger partial charge on any atom is -1.00 e. The second kappa shape index (κ2) is 5.63. The molecule has 3 nitrogen and oxygen atoms in total. The average Bonchev–Trinajstić information content (AvgIpc) is 2.23. The van der Waals surface area contributed by atoms with Gasteiger partial charge in [0.1, 0.15) is 6.04 Å². The van der Waals surface area contributed by atoms with Crippen molar-refractivity contribution in [3.63, 3.8) is 0 Å². The number of hydrogen-bond donors (Lipinski definition) is 0. The van der Waals surface area contributed by atoms with Gasteiger partial charge >= 0.3 is 5.69 Å². The summed E-state index contributed by atoms with van der Waals surface area (Å²) in [6, 6.07) is 2.37. The van der Waals surface area contributed by atoms with E-state index in [2.05, 4.69) is 0 Å². The highest BCUT2D eigenvalue weighted by atomic mass is 127. The van der Waals surface area contributed by atoms with Crippen LogP contribution >= 0.6 is 0 Å². The predicted molar refractivity (Wildman–Crippen MR) is 54.0 cm³/mol. The Morgan fingerprint density at radius 3 is 2.67 bits per heavy atom. The molecular weight excluding hydrogens is 303 g/mol. The van der Waals surface area contributed by atoms with Crippen molar-refractivity contribution in [3.8, 4) is 0 Å². The van der Waals surface area contributed by atoms with Crippen molar-refractivity contribution < 1.29 is 28.5 Å². The third kappa shape index (κ3) is 2.80. The topological polar surface area (TPSA) is 25.9 Å². The monoisotopic (exact) mass is 320 g/mol. The fourth-order valence-electron chi connectivity index (χ4n) is 2.21. The molecule has 1 heterocycles. The number of aryl methyl sites for hydroxylation is 1. The van der Waals surface area contributed by atoms with Crippen molar-refractivity contribution >= 4 is 0 Å². The lowest BCUT2D eigenvalue weighted by molar-refractivity contribution is -0.691. The van der Waals surface area contributed by atoms with E-state index in [1.807, 2.05) is 30.1 Å². The van der Waals surface area contributed by atoms with Gasteiger partial charge in [-0.15, -0.1) is 0 Å². The standard InChI is InChI=1S/C11H17N2O.HI/c1-12-8-5-9-13(11(12)14)10-6-3-2-4-7-10;/h5,8-10H,2-4,6-7H2,1H3;1H/q+1;/p-1. The maximum absolute atomic E-state index is 11.8. The first kappa shape index (κ1) is 12.7. The lowest BCUT2D eigenvalue weighted by Gasteiger charge is -2.18. The van der Waals surface area contributed by atoms with E-state index in [9.17, 15) is 4.79 Å². The molecule has 1 aliphatic carbocycles. The summed E-state index contributed by atoms with van der Waals surface area (Å²) in [6.07, 6.45) is 9.88. The van der Waals surface area contributed by atoms with Gasteiger partial charge in [-0.05, 0) is 25.7 Å². The molecule has 1 aliphatic rings. The molecule has 1 fully saturated rings. The smallest absolute Gasteiger partial charge is 0.497 e. The van der Waals surface area contributed by atoms with Crippen LogP contribution in [0.1, 0.15) is 38.1 Å². The molecule has 0 aromatic carbocycles. The first-order valence-electron chi connectivity index (χ1n) is 5.36. The molecule has 0 aliphatic heterocycles. The maximum Gasteiger partial charge on any atom is 0.497 e. The van der Waals surface area contributed by atoms with Crippen LogP contribution in [-0.2, 0) is 7.05 Å². The molecule has 84 valence electrons. The average molecular weight is 320 g/mol. The van der Waals surface area contributed by atoms with Crippen molar-refractivity contribution in [1.29, 1.82) is 0 Å². The fourth-order valence-corrected chi connectivity index (χ4v) is 2.21. The fraction of sp³-hybridized carbons (Fsp3) is 0.636. The Hall–Kier alpha value is -0.390. The minimum atomic E-state index is 0. The van der Waals surface area contributed by atoms with Crippen molar-refractivity contribution in [3.05, 3.63) is 28.9 Å². The van der Waals surface area contributed by atoms with Crippen LogP contribution < -0.4 is 34.2 Å². The third-order valence-corrected chi connectivity index (χ3v) is 3.05. The van der Waals surface area contributed by atoms with Gasteiger partial charge in [-0.2, -0.15) is 9.36 Å². The highest BCUT2D eigenvalue weighted by molar-refractivity contribution is 4.81. The molecular formula is C11H17IN2O. The molecule has 0 radical (unpaired) electrons. The van der Waals surface area contributed by atoms with Gasteiger partial charge in [0.15, 0.2) is 0 Å². The summed E-state index contributed by atoms with van der Waals surface area (Å²) in [5.41, 5.74) is 0.111. The number of halogens is 1. The molecule has 0 spiro atoms. The van der Waals surface area contributed by atoms with Gasteiger partial charge < -0.3 is 24.0 Å². The molecule has 0 N–H and O–H groups in total. The first-order chi connectivity index (χ1) is 6.79. The zero-order valence-electron chi connectivity index (χ0n) is 9.03. The highest BCUT2D eigenvalue weighted by Gasteiger charge is 2.21. The molecule has 0 saturated heterocycles. The Morgan fingerprint density at radius 2 is 2.00 bits per heavy atom. The van der Waals surface area contributed by atoms with E-state index >= 15 is 0 Å². The normalized spacial score (nSPS) is 17.1. The number of nitrogens with zero attached hydrogens (tertiary/aromatic N) is 2. The Morgan fingerprint density at radius 1 is 1.33 bits per heavy atom.